The van der Waals surface area contributed by atoms with E-state index in [1.165, 1.54) is 15.3 Å². The second-order valence-corrected chi connectivity index (χ2v) is 11.6. The van der Waals surface area contributed by atoms with Crippen molar-refractivity contribution in [2.24, 2.45) is 0 Å². The van der Waals surface area contributed by atoms with Crippen LogP contribution in [0, 0.1) is 10.8 Å². The summed E-state index contributed by atoms with van der Waals surface area (Å²) in [6.45, 7) is 7.29. The van der Waals surface area contributed by atoms with E-state index in [0.29, 0.717) is 48.6 Å². The van der Waals surface area contributed by atoms with Crippen molar-refractivity contribution in [2.75, 3.05) is 11.5 Å². The summed E-state index contributed by atoms with van der Waals surface area (Å²) in [4.78, 5) is 29.8. The number of hydrogen-bond acceptors (Lipinski definition) is 7. The summed E-state index contributed by atoms with van der Waals surface area (Å²) in [6, 6.07) is 23.1. The maximum absolute atomic E-state index is 13.1. The number of hydrogen-bond donors (Lipinski definition) is 4. The number of nitrogens with two attached hydrogens (primary N) is 2. The Kier molecular flexibility index (Phi) is 11.0. The third-order valence-electron chi connectivity index (χ3n) is 7.14. The van der Waals surface area contributed by atoms with Gasteiger partial charge in [-0.15, -0.1) is 0 Å². The van der Waals surface area contributed by atoms with Crippen LogP contribution in [0.1, 0.15) is 59.5 Å². The highest BCUT2D eigenvalue weighted by Crippen LogP contribution is 2.33. The van der Waals surface area contributed by atoms with Crippen LogP contribution in [-0.2, 0) is 0 Å². The molecule has 0 unspecified atom stereocenters. The van der Waals surface area contributed by atoms with E-state index in [1.54, 1.807) is 56.3 Å². The standard InChI is InChI=1S/C17H13BrClN3O.C16H13ClN4O.C2H6/c1-9(20)14-10-5-2-3-8-13(10)22(16(14)21)17(23)15-11(18)6-4-7-12(15)19;1-9(18)13-10-5-2-3-7-12(10)21(15(13)19)16(22)11-6-4-8-20-14(11)17;1-2/h2-8,20H,21H2,1H3;2-8,18H,19H2,1H3;1-2H3. The average molecular weight is 733 g/mol. The van der Waals surface area contributed by atoms with Crippen molar-refractivity contribution in [3.8, 4) is 0 Å². The van der Waals surface area contributed by atoms with Crippen LogP contribution in [0.4, 0.5) is 11.6 Å². The molecule has 0 spiro atoms. The van der Waals surface area contributed by atoms with Gasteiger partial charge in [0.15, 0.2) is 0 Å². The molecule has 0 amide bonds. The van der Waals surface area contributed by atoms with Gasteiger partial charge in [-0.2, -0.15) is 0 Å². The first kappa shape index (κ1) is 35.1. The quantitative estimate of drug-likeness (QED) is 0.105. The van der Waals surface area contributed by atoms with Crippen molar-refractivity contribution in [3.63, 3.8) is 0 Å². The number of anilines is 2. The smallest absolute Gasteiger partial charge is 0.267 e. The molecule has 0 aliphatic heterocycles. The Hall–Kier alpha value is -4.77. The first-order chi connectivity index (χ1) is 22.5. The largest absolute Gasteiger partial charge is 0.384 e. The molecule has 6 aromatic rings. The number of pyridine rings is 1. The summed E-state index contributed by atoms with van der Waals surface area (Å²) >= 11 is 15.6. The molecule has 12 heteroatoms. The molecule has 0 aliphatic rings. The minimum Gasteiger partial charge on any atom is -0.384 e. The molecule has 3 aromatic carbocycles. The minimum absolute atomic E-state index is 0.123. The zero-order chi connectivity index (χ0) is 34.6. The Morgan fingerprint density at radius 1 is 0.702 bits per heavy atom. The normalized spacial score (nSPS) is 10.5. The van der Waals surface area contributed by atoms with Gasteiger partial charge in [-0.05, 0) is 66.2 Å². The molecular weight excluding hydrogens is 701 g/mol. The van der Waals surface area contributed by atoms with Gasteiger partial charge < -0.3 is 22.3 Å². The van der Waals surface area contributed by atoms with Crippen molar-refractivity contribution >= 4 is 95.8 Å². The van der Waals surface area contributed by atoms with E-state index in [1.807, 2.05) is 50.2 Å². The van der Waals surface area contributed by atoms with Gasteiger partial charge in [0.2, 0.25) is 0 Å². The zero-order valence-corrected chi connectivity index (χ0v) is 29.1. The van der Waals surface area contributed by atoms with Crippen molar-refractivity contribution in [1.29, 1.82) is 10.8 Å². The Balaban J connectivity index is 0.000000202. The minimum atomic E-state index is -0.362. The van der Waals surface area contributed by atoms with Crippen molar-refractivity contribution in [3.05, 3.63) is 122 Å². The second kappa shape index (κ2) is 14.8. The lowest BCUT2D eigenvalue weighted by Gasteiger charge is -2.10. The number of para-hydroxylation sites is 2. The van der Waals surface area contributed by atoms with E-state index in [4.69, 9.17) is 45.5 Å². The topological polar surface area (TPSA) is 157 Å². The van der Waals surface area contributed by atoms with Gasteiger partial charge in [-0.1, -0.05) is 79.5 Å². The van der Waals surface area contributed by atoms with Crippen LogP contribution in [0.2, 0.25) is 10.2 Å². The van der Waals surface area contributed by atoms with Crippen LogP contribution in [0.15, 0.2) is 89.5 Å². The number of carbonyl (C=O) groups is 2. The summed E-state index contributed by atoms with van der Waals surface area (Å²) in [5, 5.41) is 17.9. The van der Waals surface area contributed by atoms with Crippen LogP contribution in [0.5, 0.6) is 0 Å². The maximum Gasteiger partial charge on any atom is 0.267 e. The molecule has 0 radical (unpaired) electrons. The Labute approximate surface area is 290 Å². The predicted octanol–water partition coefficient (Wildman–Crippen LogP) is 9.09. The molecule has 240 valence electrons. The fraction of sp³-hybridized carbons (Fsp3) is 0.114. The molecule has 6 rings (SSSR count). The van der Waals surface area contributed by atoms with E-state index < -0.39 is 0 Å². The summed E-state index contributed by atoms with van der Waals surface area (Å²) in [7, 11) is 0. The number of halogens is 3. The van der Waals surface area contributed by atoms with Crippen LogP contribution in [0.3, 0.4) is 0 Å². The van der Waals surface area contributed by atoms with Crippen molar-refractivity contribution in [2.45, 2.75) is 27.7 Å². The predicted molar refractivity (Wildman–Crippen MR) is 197 cm³/mol. The molecule has 0 fully saturated rings. The summed E-state index contributed by atoms with van der Waals surface area (Å²) < 4.78 is 3.39. The van der Waals surface area contributed by atoms with Gasteiger partial charge in [-0.25, -0.2) is 4.98 Å². The number of carbonyl (C=O) groups excluding carboxylic acids is 2. The number of aromatic nitrogens is 3. The molecule has 0 saturated carbocycles. The lowest BCUT2D eigenvalue weighted by Crippen LogP contribution is -2.16. The average Bonchev–Trinajstić information content (AvgIpc) is 3.52. The van der Waals surface area contributed by atoms with Gasteiger partial charge in [0, 0.05) is 44.0 Å². The van der Waals surface area contributed by atoms with Crippen LogP contribution in [-0.4, -0.2) is 37.4 Å². The molecule has 47 heavy (non-hydrogen) atoms. The summed E-state index contributed by atoms with van der Waals surface area (Å²) in [6.07, 6.45) is 1.52. The Morgan fingerprint density at radius 3 is 1.66 bits per heavy atom. The number of nitrogen functional groups attached to an aromatic ring is 2. The number of nitrogens with one attached hydrogen (secondary N) is 2. The molecule has 9 nitrogen and oxygen atoms in total. The number of nitrogens with zero attached hydrogens (tertiary/aromatic N) is 3. The third kappa shape index (κ3) is 6.58. The third-order valence-corrected chi connectivity index (χ3v) is 8.42. The van der Waals surface area contributed by atoms with Gasteiger partial charge in [0.25, 0.3) is 11.8 Å². The lowest BCUT2D eigenvalue weighted by molar-refractivity contribution is 0.0958. The van der Waals surface area contributed by atoms with Gasteiger partial charge in [0.05, 0.1) is 27.2 Å². The first-order valence-electron chi connectivity index (χ1n) is 14.5. The molecule has 3 aromatic heterocycles. The van der Waals surface area contributed by atoms with Crippen LogP contribution < -0.4 is 11.5 Å². The van der Waals surface area contributed by atoms with E-state index in [9.17, 15) is 9.59 Å². The van der Waals surface area contributed by atoms with E-state index >= 15 is 0 Å². The monoisotopic (exact) mass is 731 g/mol. The van der Waals surface area contributed by atoms with Gasteiger partial charge in [0.1, 0.15) is 16.8 Å². The number of fused-ring (bicyclic) bond motifs is 2. The van der Waals surface area contributed by atoms with Crippen LogP contribution in [0.25, 0.3) is 21.8 Å². The highest BCUT2D eigenvalue weighted by Gasteiger charge is 2.25. The number of benzene rings is 3. The second-order valence-electron chi connectivity index (χ2n) is 10.0. The van der Waals surface area contributed by atoms with Crippen molar-refractivity contribution < 1.29 is 9.59 Å². The molecule has 6 N–H and O–H groups in total. The van der Waals surface area contributed by atoms with Crippen LogP contribution >= 0.6 is 39.1 Å². The van der Waals surface area contributed by atoms with Gasteiger partial charge in [-0.3, -0.25) is 18.7 Å². The molecule has 0 saturated heterocycles. The highest BCUT2D eigenvalue weighted by molar-refractivity contribution is 9.10. The van der Waals surface area contributed by atoms with E-state index in [0.717, 1.165) is 10.8 Å². The molecule has 3 heterocycles. The summed E-state index contributed by atoms with van der Waals surface area (Å²) in [5.74, 6) is -0.211. The highest BCUT2D eigenvalue weighted by atomic mass is 79.9. The van der Waals surface area contributed by atoms with E-state index in [2.05, 4.69) is 20.9 Å². The summed E-state index contributed by atoms with van der Waals surface area (Å²) in [5.41, 5.74) is 16.0. The SMILES string of the molecule is CC.CC(=N)c1c(N)n(C(=O)c2c(Cl)cccc2Br)c2ccccc12.CC(=N)c1c(N)n(C(=O)c2cccnc2Cl)c2ccccc12. The fourth-order valence-electron chi connectivity index (χ4n) is 5.22. The molecule has 0 atom stereocenters. The Morgan fingerprint density at radius 2 is 1.19 bits per heavy atom. The maximum atomic E-state index is 13.1. The van der Waals surface area contributed by atoms with E-state index in [-0.39, 0.29) is 34.2 Å². The molecule has 0 aliphatic carbocycles. The lowest BCUT2D eigenvalue weighted by atomic mass is 10.1. The number of rotatable bonds is 4. The van der Waals surface area contributed by atoms with Gasteiger partial charge >= 0.3 is 0 Å². The Bertz CT molecular complexity index is 2170. The first-order valence-corrected chi connectivity index (χ1v) is 16.0. The fourth-order valence-corrected chi connectivity index (χ4v) is 6.33. The molecule has 0 bridgehead atoms. The molecular formula is C35H32BrCl2N7O2. The van der Waals surface area contributed by atoms with Crippen molar-refractivity contribution in [1.82, 2.24) is 14.1 Å². The zero-order valence-electron chi connectivity index (χ0n) is 26.0.